The average molecular weight is 525 g/mol. The first-order valence-corrected chi connectivity index (χ1v) is 13.7. The molecule has 5 aromatic rings. The summed E-state index contributed by atoms with van der Waals surface area (Å²) in [6, 6.07) is 35.6. The maximum absolute atomic E-state index is 13.1. The van der Waals surface area contributed by atoms with Gasteiger partial charge in [0.15, 0.2) is 0 Å². The molecule has 0 aliphatic heterocycles. The van der Waals surface area contributed by atoms with Crippen molar-refractivity contribution in [3.63, 3.8) is 0 Å². The first-order chi connectivity index (χ1) is 17.7. The van der Waals surface area contributed by atoms with Crippen molar-refractivity contribution in [2.45, 2.75) is 5.41 Å². The number of benzene rings is 4. The number of ketones is 2. The van der Waals surface area contributed by atoms with Crippen LogP contribution in [0.2, 0.25) is 0 Å². The number of rotatable bonds is 1. The molecular formula is C33H18O2Se. The Hall–Kier alpha value is -4.04. The Labute approximate surface area is 214 Å². The Morgan fingerprint density at radius 2 is 0.944 bits per heavy atom. The van der Waals surface area contributed by atoms with Crippen LogP contribution < -0.4 is 0 Å². The van der Waals surface area contributed by atoms with Gasteiger partial charge in [-0.2, -0.15) is 0 Å². The number of allylic oxidation sites excluding steroid dienone is 1. The third-order valence-electron chi connectivity index (χ3n) is 7.86. The van der Waals surface area contributed by atoms with E-state index in [4.69, 9.17) is 0 Å². The summed E-state index contributed by atoms with van der Waals surface area (Å²) in [6.45, 7) is 0. The third-order valence-corrected chi connectivity index (χ3v) is 10.4. The summed E-state index contributed by atoms with van der Waals surface area (Å²) in [7, 11) is 0. The minimum absolute atomic E-state index is 0.0404. The first kappa shape index (κ1) is 20.2. The van der Waals surface area contributed by atoms with E-state index in [1.165, 1.54) is 43.4 Å². The molecule has 3 aliphatic rings. The fraction of sp³-hybridized carbons (Fsp3) is 0.0303. The fourth-order valence-electron chi connectivity index (χ4n) is 6.44. The first-order valence-electron chi connectivity index (χ1n) is 12.0. The van der Waals surface area contributed by atoms with Gasteiger partial charge in [0.2, 0.25) is 0 Å². The van der Waals surface area contributed by atoms with Gasteiger partial charge in [0.25, 0.3) is 0 Å². The summed E-state index contributed by atoms with van der Waals surface area (Å²) in [5.74, 6) is -0.322. The average Bonchev–Trinajstić information content (AvgIpc) is 3.62. The van der Waals surface area contributed by atoms with Gasteiger partial charge in [0, 0.05) is 0 Å². The van der Waals surface area contributed by atoms with Crippen molar-refractivity contribution in [2.24, 2.45) is 0 Å². The summed E-state index contributed by atoms with van der Waals surface area (Å²) >= 11 is -0.0404. The Kier molecular flexibility index (Phi) is 3.93. The van der Waals surface area contributed by atoms with Crippen molar-refractivity contribution < 1.29 is 9.59 Å². The second kappa shape index (κ2) is 7.01. The van der Waals surface area contributed by atoms with Gasteiger partial charge in [-0.05, 0) is 0 Å². The van der Waals surface area contributed by atoms with Crippen LogP contribution in [0.5, 0.6) is 0 Å². The Morgan fingerprint density at radius 3 is 1.44 bits per heavy atom. The van der Waals surface area contributed by atoms with Crippen LogP contribution in [-0.2, 0) is 5.41 Å². The van der Waals surface area contributed by atoms with Gasteiger partial charge in [0.05, 0.1) is 0 Å². The van der Waals surface area contributed by atoms with Gasteiger partial charge >= 0.3 is 215 Å². The molecule has 0 radical (unpaired) electrons. The normalized spacial score (nSPS) is 15.5. The molecule has 0 N–H and O–H groups in total. The van der Waals surface area contributed by atoms with Crippen molar-refractivity contribution in [3.05, 3.63) is 145 Å². The van der Waals surface area contributed by atoms with Crippen LogP contribution in [0.1, 0.15) is 46.3 Å². The SMILES string of the molecule is O=C1C(=Cc2cc3c([se]2)C2(c4ccccc4-c4ccccc42)c2ccccc2-3)C(=O)c2ccccc21. The van der Waals surface area contributed by atoms with E-state index in [0.717, 1.165) is 4.44 Å². The number of Topliss-reactive ketones (excluding diaryl/α,β-unsaturated/α-hetero) is 2. The van der Waals surface area contributed by atoms with Gasteiger partial charge in [-0.1, -0.05) is 0 Å². The molecule has 0 atom stereocenters. The Bertz CT molecular complexity index is 1750. The van der Waals surface area contributed by atoms with E-state index in [1.54, 1.807) is 12.1 Å². The van der Waals surface area contributed by atoms with E-state index >= 15 is 0 Å². The monoisotopic (exact) mass is 526 g/mol. The third kappa shape index (κ3) is 2.32. The molecule has 0 unspecified atom stereocenters. The van der Waals surface area contributed by atoms with Crippen molar-refractivity contribution >= 4 is 32.1 Å². The van der Waals surface area contributed by atoms with Crippen LogP contribution in [0, 0.1) is 0 Å². The molecule has 168 valence electrons. The minimum atomic E-state index is -0.331. The quantitative estimate of drug-likeness (QED) is 0.138. The summed E-state index contributed by atoms with van der Waals surface area (Å²) < 4.78 is 2.48. The second-order valence-corrected chi connectivity index (χ2v) is 11.8. The summed E-state index contributed by atoms with van der Waals surface area (Å²) in [6.07, 6.45) is 1.87. The predicted octanol–water partition coefficient (Wildman–Crippen LogP) is 6.55. The topological polar surface area (TPSA) is 34.1 Å². The molecule has 1 spiro atoms. The van der Waals surface area contributed by atoms with Crippen molar-refractivity contribution in [3.8, 4) is 22.3 Å². The van der Waals surface area contributed by atoms with Crippen LogP contribution in [0.3, 0.4) is 0 Å². The van der Waals surface area contributed by atoms with Gasteiger partial charge in [-0.25, -0.2) is 0 Å². The van der Waals surface area contributed by atoms with E-state index in [-0.39, 0.29) is 31.5 Å². The molecule has 36 heavy (non-hydrogen) atoms. The van der Waals surface area contributed by atoms with Crippen LogP contribution in [0.15, 0.2) is 109 Å². The number of carbonyl (C=O) groups is 2. The number of carbonyl (C=O) groups excluding carboxylic acids is 2. The van der Waals surface area contributed by atoms with Gasteiger partial charge in [-0.15, -0.1) is 0 Å². The van der Waals surface area contributed by atoms with Gasteiger partial charge in [-0.3, -0.25) is 0 Å². The summed E-state index contributed by atoms with van der Waals surface area (Å²) in [5.41, 5.74) is 10.1. The zero-order valence-electron chi connectivity index (χ0n) is 19.1. The molecule has 0 saturated carbocycles. The summed E-state index contributed by atoms with van der Waals surface area (Å²) in [5, 5.41) is 0. The van der Waals surface area contributed by atoms with Crippen LogP contribution in [-0.4, -0.2) is 26.1 Å². The molecule has 2 nitrogen and oxygen atoms in total. The zero-order valence-corrected chi connectivity index (χ0v) is 20.8. The fourth-order valence-corrected chi connectivity index (χ4v) is 9.28. The number of hydrogen-bond acceptors (Lipinski definition) is 2. The van der Waals surface area contributed by atoms with Gasteiger partial charge < -0.3 is 0 Å². The van der Waals surface area contributed by atoms with E-state index in [2.05, 4.69) is 78.9 Å². The molecule has 0 amide bonds. The Balaban J connectivity index is 1.40. The maximum atomic E-state index is 13.1. The van der Waals surface area contributed by atoms with E-state index in [1.807, 2.05) is 18.2 Å². The second-order valence-electron chi connectivity index (χ2n) is 9.54. The Morgan fingerprint density at radius 1 is 0.528 bits per heavy atom. The molecule has 3 heteroatoms. The van der Waals surface area contributed by atoms with Crippen molar-refractivity contribution in [1.82, 2.24) is 0 Å². The number of hydrogen-bond donors (Lipinski definition) is 0. The molecule has 0 saturated heterocycles. The molecule has 8 rings (SSSR count). The molecule has 4 aromatic carbocycles. The van der Waals surface area contributed by atoms with Crippen LogP contribution in [0.25, 0.3) is 28.3 Å². The molecular weight excluding hydrogens is 507 g/mol. The van der Waals surface area contributed by atoms with Crippen LogP contribution >= 0.6 is 0 Å². The molecule has 0 fully saturated rings. The standard InChI is InChI=1S/C33H18O2Se/c34-30-23-12-1-2-13-24(23)31(35)26(30)18-19-17-25-22-11-5-8-16-29(22)33(32(25)36-19)27-14-6-3-9-20(27)21-10-4-7-15-28(21)33/h1-18H. The zero-order chi connectivity index (χ0) is 24.0. The van der Waals surface area contributed by atoms with E-state index in [9.17, 15) is 9.59 Å². The van der Waals surface area contributed by atoms with E-state index in [0.29, 0.717) is 16.7 Å². The van der Waals surface area contributed by atoms with Gasteiger partial charge in [0.1, 0.15) is 0 Å². The molecule has 1 aromatic heterocycles. The molecule has 3 aliphatic carbocycles. The summed E-state index contributed by atoms with van der Waals surface area (Å²) in [4.78, 5) is 26.2. The van der Waals surface area contributed by atoms with Crippen LogP contribution in [0.4, 0.5) is 0 Å². The predicted molar refractivity (Wildman–Crippen MR) is 143 cm³/mol. The number of fused-ring (bicyclic) bond motifs is 11. The van der Waals surface area contributed by atoms with Crippen molar-refractivity contribution in [1.29, 1.82) is 0 Å². The molecule has 0 bridgehead atoms. The van der Waals surface area contributed by atoms with E-state index < -0.39 is 0 Å². The van der Waals surface area contributed by atoms with Crippen molar-refractivity contribution in [2.75, 3.05) is 0 Å². The molecule has 1 heterocycles.